The molecule has 1 aliphatic rings. The van der Waals surface area contributed by atoms with Gasteiger partial charge < -0.3 is 4.90 Å². The van der Waals surface area contributed by atoms with Crippen LogP contribution >= 0.6 is 0 Å². The fourth-order valence-corrected chi connectivity index (χ4v) is 2.71. The van der Waals surface area contributed by atoms with E-state index in [1.54, 1.807) is 0 Å². The van der Waals surface area contributed by atoms with E-state index in [0.717, 1.165) is 5.52 Å². The lowest BCUT2D eigenvalue weighted by atomic mass is 10.1. The van der Waals surface area contributed by atoms with Crippen LogP contribution in [0.5, 0.6) is 0 Å². The molecule has 2 aromatic rings. The molecule has 0 radical (unpaired) electrons. The summed E-state index contributed by atoms with van der Waals surface area (Å²) in [5.41, 5.74) is 3.77. The summed E-state index contributed by atoms with van der Waals surface area (Å²) < 4.78 is 0. The summed E-state index contributed by atoms with van der Waals surface area (Å²) >= 11 is 0. The maximum absolute atomic E-state index is 4.51. The van der Waals surface area contributed by atoms with Crippen LogP contribution in [0.15, 0.2) is 30.5 Å². The molecule has 0 bridgehead atoms. The summed E-state index contributed by atoms with van der Waals surface area (Å²) in [7, 11) is 0. The molecular formula is C15H18N2. The third kappa shape index (κ3) is 1.88. The molecule has 3 rings (SSSR count). The van der Waals surface area contributed by atoms with E-state index in [1.807, 2.05) is 12.3 Å². The van der Waals surface area contributed by atoms with Gasteiger partial charge in [0.2, 0.25) is 0 Å². The van der Waals surface area contributed by atoms with Crippen molar-refractivity contribution in [1.29, 1.82) is 0 Å². The van der Waals surface area contributed by atoms with E-state index in [1.165, 1.54) is 49.0 Å². The normalized spacial score (nSPS) is 16.4. The molecule has 0 unspecified atom stereocenters. The first-order valence-electron chi connectivity index (χ1n) is 6.45. The van der Waals surface area contributed by atoms with E-state index in [9.17, 15) is 0 Å². The number of piperidine rings is 1. The Morgan fingerprint density at radius 2 is 1.88 bits per heavy atom. The van der Waals surface area contributed by atoms with Gasteiger partial charge in [-0.3, -0.25) is 4.98 Å². The molecular weight excluding hydrogens is 208 g/mol. The molecule has 0 saturated carbocycles. The van der Waals surface area contributed by atoms with E-state index >= 15 is 0 Å². The van der Waals surface area contributed by atoms with E-state index < -0.39 is 0 Å². The summed E-state index contributed by atoms with van der Waals surface area (Å²) in [6.07, 6.45) is 5.89. The molecule has 1 fully saturated rings. The monoisotopic (exact) mass is 226 g/mol. The third-order valence-corrected chi connectivity index (χ3v) is 3.65. The number of rotatable bonds is 1. The SMILES string of the molecule is Cc1ccc(N2CCCCC2)c2cccnc12. The smallest absolute Gasteiger partial charge is 0.0751 e. The first-order valence-corrected chi connectivity index (χ1v) is 6.45. The molecule has 88 valence electrons. The number of benzene rings is 1. The first kappa shape index (κ1) is 10.6. The molecule has 1 saturated heterocycles. The van der Waals surface area contributed by atoms with Gasteiger partial charge >= 0.3 is 0 Å². The minimum atomic E-state index is 1.15. The van der Waals surface area contributed by atoms with Crippen LogP contribution in [0.25, 0.3) is 10.9 Å². The Labute approximate surface area is 102 Å². The Morgan fingerprint density at radius 1 is 1.06 bits per heavy atom. The van der Waals surface area contributed by atoms with E-state index in [2.05, 4.69) is 35.0 Å². The summed E-state index contributed by atoms with van der Waals surface area (Å²) in [6.45, 7) is 4.51. The van der Waals surface area contributed by atoms with Crippen molar-refractivity contribution in [3.8, 4) is 0 Å². The van der Waals surface area contributed by atoms with Crippen LogP contribution in [0, 0.1) is 6.92 Å². The Hall–Kier alpha value is -1.57. The van der Waals surface area contributed by atoms with Gasteiger partial charge in [-0.25, -0.2) is 0 Å². The van der Waals surface area contributed by atoms with Gasteiger partial charge in [0, 0.05) is 30.4 Å². The third-order valence-electron chi connectivity index (χ3n) is 3.65. The fourth-order valence-electron chi connectivity index (χ4n) is 2.71. The van der Waals surface area contributed by atoms with Crippen LogP contribution in [0.1, 0.15) is 24.8 Å². The van der Waals surface area contributed by atoms with Gasteiger partial charge in [-0.15, -0.1) is 0 Å². The minimum Gasteiger partial charge on any atom is -0.371 e. The van der Waals surface area contributed by atoms with Gasteiger partial charge in [-0.1, -0.05) is 6.07 Å². The van der Waals surface area contributed by atoms with Crippen molar-refractivity contribution >= 4 is 16.6 Å². The number of hydrogen-bond acceptors (Lipinski definition) is 2. The highest BCUT2D eigenvalue weighted by Crippen LogP contribution is 2.29. The molecule has 2 heteroatoms. The first-order chi connectivity index (χ1) is 8.36. The zero-order valence-corrected chi connectivity index (χ0v) is 10.3. The number of hydrogen-bond donors (Lipinski definition) is 0. The van der Waals surface area contributed by atoms with Gasteiger partial charge in [0.1, 0.15) is 0 Å². The number of aromatic nitrogens is 1. The summed E-state index contributed by atoms with van der Waals surface area (Å²) in [6, 6.07) is 8.68. The Kier molecular flexibility index (Phi) is 2.71. The molecule has 0 spiro atoms. The quantitative estimate of drug-likeness (QED) is 0.739. The summed E-state index contributed by atoms with van der Waals surface area (Å²) in [5.74, 6) is 0. The lowest BCUT2D eigenvalue weighted by Gasteiger charge is -2.30. The topological polar surface area (TPSA) is 16.1 Å². The molecule has 1 aliphatic heterocycles. The predicted octanol–water partition coefficient (Wildman–Crippen LogP) is 3.53. The number of nitrogens with zero attached hydrogens (tertiary/aromatic N) is 2. The molecule has 1 aromatic carbocycles. The Bertz CT molecular complexity index is 527. The van der Waals surface area contributed by atoms with E-state index in [4.69, 9.17) is 0 Å². The number of aryl methyl sites for hydroxylation is 1. The van der Waals surface area contributed by atoms with Crippen LogP contribution < -0.4 is 4.90 Å². The second-order valence-corrected chi connectivity index (χ2v) is 4.85. The van der Waals surface area contributed by atoms with E-state index in [0.29, 0.717) is 0 Å². The van der Waals surface area contributed by atoms with Crippen molar-refractivity contribution in [1.82, 2.24) is 4.98 Å². The minimum absolute atomic E-state index is 1.15. The number of anilines is 1. The van der Waals surface area contributed by atoms with Gasteiger partial charge in [0.05, 0.1) is 5.52 Å². The summed E-state index contributed by atoms with van der Waals surface area (Å²) in [4.78, 5) is 7.02. The van der Waals surface area contributed by atoms with Gasteiger partial charge in [0.25, 0.3) is 0 Å². The maximum atomic E-state index is 4.51. The van der Waals surface area contributed by atoms with Crippen molar-refractivity contribution in [2.24, 2.45) is 0 Å². The van der Waals surface area contributed by atoms with E-state index in [-0.39, 0.29) is 0 Å². The summed E-state index contributed by atoms with van der Waals surface area (Å²) in [5, 5.41) is 1.30. The molecule has 17 heavy (non-hydrogen) atoms. The molecule has 2 nitrogen and oxygen atoms in total. The van der Waals surface area contributed by atoms with Gasteiger partial charge in [0.15, 0.2) is 0 Å². The second-order valence-electron chi connectivity index (χ2n) is 4.85. The standard InChI is InChI=1S/C15H18N2/c1-12-7-8-14(17-10-3-2-4-11-17)13-6-5-9-16-15(12)13/h5-9H,2-4,10-11H2,1H3. The number of pyridine rings is 1. The largest absolute Gasteiger partial charge is 0.371 e. The molecule has 2 heterocycles. The molecule has 0 aliphatic carbocycles. The average molecular weight is 226 g/mol. The van der Waals surface area contributed by atoms with Gasteiger partial charge in [-0.05, 0) is 49.9 Å². The second kappa shape index (κ2) is 4.36. The zero-order chi connectivity index (χ0) is 11.7. The number of fused-ring (bicyclic) bond motifs is 1. The highest BCUT2D eigenvalue weighted by Gasteiger charge is 2.14. The average Bonchev–Trinajstić information content (AvgIpc) is 2.41. The fraction of sp³-hybridized carbons (Fsp3) is 0.400. The highest BCUT2D eigenvalue weighted by molar-refractivity contribution is 5.93. The zero-order valence-electron chi connectivity index (χ0n) is 10.3. The van der Waals surface area contributed by atoms with Crippen LogP contribution in [-0.4, -0.2) is 18.1 Å². The Morgan fingerprint density at radius 3 is 2.71 bits per heavy atom. The predicted molar refractivity (Wildman–Crippen MR) is 72.5 cm³/mol. The van der Waals surface area contributed by atoms with Crippen LogP contribution in [0.2, 0.25) is 0 Å². The maximum Gasteiger partial charge on any atom is 0.0751 e. The van der Waals surface area contributed by atoms with Crippen molar-refractivity contribution in [2.75, 3.05) is 18.0 Å². The van der Waals surface area contributed by atoms with Crippen LogP contribution in [0.4, 0.5) is 5.69 Å². The molecule has 0 amide bonds. The van der Waals surface area contributed by atoms with Crippen molar-refractivity contribution in [3.05, 3.63) is 36.0 Å². The van der Waals surface area contributed by atoms with Crippen molar-refractivity contribution < 1.29 is 0 Å². The Balaban J connectivity index is 2.12. The van der Waals surface area contributed by atoms with Crippen molar-refractivity contribution in [3.63, 3.8) is 0 Å². The van der Waals surface area contributed by atoms with Crippen LogP contribution in [0.3, 0.4) is 0 Å². The molecule has 0 N–H and O–H groups in total. The lowest BCUT2D eigenvalue weighted by Crippen LogP contribution is -2.29. The molecule has 1 aromatic heterocycles. The molecule has 0 atom stereocenters. The lowest BCUT2D eigenvalue weighted by molar-refractivity contribution is 0.579. The van der Waals surface area contributed by atoms with Gasteiger partial charge in [-0.2, -0.15) is 0 Å². The van der Waals surface area contributed by atoms with Crippen LogP contribution in [-0.2, 0) is 0 Å². The van der Waals surface area contributed by atoms with Crippen molar-refractivity contribution in [2.45, 2.75) is 26.2 Å². The highest BCUT2D eigenvalue weighted by atomic mass is 15.1.